The maximum absolute atomic E-state index is 11.7. The van der Waals surface area contributed by atoms with Gasteiger partial charge in [-0.15, -0.1) is 12.6 Å². The van der Waals surface area contributed by atoms with Gasteiger partial charge in [0.05, 0.1) is 6.54 Å². The van der Waals surface area contributed by atoms with E-state index in [2.05, 4.69) is 23.3 Å². The maximum Gasteiger partial charge on any atom is 0.252 e. The Labute approximate surface area is 99.8 Å². The molecule has 0 aromatic heterocycles. The van der Waals surface area contributed by atoms with E-state index < -0.39 is 0 Å². The normalized spacial score (nSPS) is 9.69. The minimum atomic E-state index is -0.267. The Morgan fingerprint density at radius 2 is 2.06 bits per heavy atom. The van der Waals surface area contributed by atoms with Crippen molar-refractivity contribution in [1.29, 1.82) is 0 Å². The average molecular weight is 238 g/mol. The predicted molar refractivity (Wildman–Crippen MR) is 64.8 cm³/mol. The van der Waals surface area contributed by atoms with E-state index >= 15 is 0 Å². The third kappa shape index (κ3) is 3.27. The topological polar surface area (TPSA) is 58.2 Å². The lowest BCUT2D eigenvalue weighted by Gasteiger charge is -2.07. The van der Waals surface area contributed by atoms with Gasteiger partial charge < -0.3 is 10.6 Å². The third-order valence-electron chi connectivity index (χ3n) is 2.15. The molecule has 0 radical (unpaired) electrons. The van der Waals surface area contributed by atoms with Crippen molar-refractivity contribution in [3.8, 4) is 0 Å². The van der Waals surface area contributed by atoms with Gasteiger partial charge >= 0.3 is 0 Å². The lowest BCUT2D eigenvalue weighted by Crippen LogP contribution is -2.35. The van der Waals surface area contributed by atoms with Gasteiger partial charge in [-0.05, 0) is 24.6 Å². The molecular formula is C11H14N2O2S. The summed E-state index contributed by atoms with van der Waals surface area (Å²) < 4.78 is 0. The number of hydrogen-bond acceptors (Lipinski definition) is 3. The van der Waals surface area contributed by atoms with Crippen molar-refractivity contribution in [2.75, 3.05) is 13.6 Å². The van der Waals surface area contributed by atoms with Crippen LogP contribution in [-0.4, -0.2) is 25.4 Å². The molecule has 1 aromatic carbocycles. The molecule has 0 heterocycles. The largest absolute Gasteiger partial charge is 0.358 e. The smallest absolute Gasteiger partial charge is 0.252 e. The van der Waals surface area contributed by atoms with Gasteiger partial charge in [-0.25, -0.2) is 0 Å². The summed E-state index contributed by atoms with van der Waals surface area (Å²) in [6.45, 7) is 1.81. The predicted octanol–water partition coefficient (Wildman–Crippen LogP) is 0.760. The van der Waals surface area contributed by atoms with Crippen LogP contribution in [-0.2, 0) is 4.79 Å². The summed E-state index contributed by atoms with van der Waals surface area (Å²) >= 11 is 4.16. The summed E-state index contributed by atoms with van der Waals surface area (Å²) in [4.78, 5) is 23.4. The molecule has 0 aliphatic rings. The van der Waals surface area contributed by atoms with Gasteiger partial charge in [-0.3, -0.25) is 9.59 Å². The van der Waals surface area contributed by atoms with E-state index in [-0.39, 0.29) is 18.4 Å². The Morgan fingerprint density at radius 3 is 2.69 bits per heavy atom. The highest BCUT2D eigenvalue weighted by atomic mass is 32.1. The molecule has 1 rings (SSSR count). The van der Waals surface area contributed by atoms with Gasteiger partial charge in [0.25, 0.3) is 5.91 Å². The number of amides is 2. The molecule has 2 N–H and O–H groups in total. The molecule has 2 amide bonds. The summed E-state index contributed by atoms with van der Waals surface area (Å²) in [6, 6.07) is 5.31. The first-order chi connectivity index (χ1) is 7.54. The van der Waals surface area contributed by atoms with E-state index in [1.54, 1.807) is 6.07 Å². The zero-order valence-electron chi connectivity index (χ0n) is 9.20. The van der Waals surface area contributed by atoms with Crippen molar-refractivity contribution in [1.82, 2.24) is 10.6 Å². The van der Waals surface area contributed by atoms with Gasteiger partial charge in [0.15, 0.2) is 0 Å². The average Bonchev–Trinajstić information content (AvgIpc) is 2.28. The van der Waals surface area contributed by atoms with E-state index in [1.807, 2.05) is 19.1 Å². The highest BCUT2D eigenvalue weighted by molar-refractivity contribution is 7.80. The Balaban J connectivity index is 2.73. The van der Waals surface area contributed by atoms with E-state index in [0.717, 1.165) is 10.5 Å². The molecule has 4 nitrogen and oxygen atoms in total. The number of likely N-dealkylation sites (N-methyl/N-ethyl adjacent to an activating group) is 1. The molecule has 0 spiro atoms. The molecule has 86 valence electrons. The van der Waals surface area contributed by atoms with Crippen LogP contribution >= 0.6 is 12.6 Å². The zero-order chi connectivity index (χ0) is 12.1. The van der Waals surface area contributed by atoms with Crippen LogP contribution < -0.4 is 10.6 Å². The quantitative estimate of drug-likeness (QED) is 0.681. The number of carbonyl (C=O) groups is 2. The van der Waals surface area contributed by atoms with E-state index in [1.165, 1.54) is 7.05 Å². The highest BCUT2D eigenvalue weighted by Crippen LogP contribution is 2.13. The van der Waals surface area contributed by atoms with Crippen LogP contribution in [0.4, 0.5) is 0 Å². The summed E-state index contributed by atoms with van der Waals surface area (Å²) in [5, 5.41) is 4.96. The molecule has 16 heavy (non-hydrogen) atoms. The van der Waals surface area contributed by atoms with Crippen molar-refractivity contribution in [3.63, 3.8) is 0 Å². The molecule has 0 unspecified atom stereocenters. The van der Waals surface area contributed by atoms with Crippen LogP contribution in [0.3, 0.4) is 0 Å². The SMILES string of the molecule is CNC(=O)CNC(=O)c1cc(S)ccc1C. The van der Waals surface area contributed by atoms with Crippen molar-refractivity contribution in [2.45, 2.75) is 11.8 Å². The Bertz CT molecular complexity index is 418. The number of thiol groups is 1. The van der Waals surface area contributed by atoms with Crippen LogP contribution in [0.1, 0.15) is 15.9 Å². The molecule has 0 fully saturated rings. The van der Waals surface area contributed by atoms with Crippen LogP contribution in [0.15, 0.2) is 23.1 Å². The first kappa shape index (κ1) is 12.6. The zero-order valence-corrected chi connectivity index (χ0v) is 10.1. The number of rotatable bonds is 3. The summed E-state index contributed by atoms with van der Waals surface area (Å²) in [5.74, 6) is -0.495. The molecule has 0 bridgehead atoms. The maximum atomic E-state index is 11.7. The number of carbonyl (C=O) groups excluding carboxylic acids is 2. The Hall–Kier alpha value is -1.49. The number of hydrogen-bond donors (Lipinski definition) is 3. The fraction of sp³-hybridized carbons (Fsp3) is 0.273. The molecule has 0 saturated carbocycles. The van der Waals surface area contributed by atoms with Crippen LogP contribution in [0, 0.1) is 6.92 Å². The molecular weight excluding hydrogens is 224 g/mol. The monoisotopic (exact) mass is 238 g/mol. The molecule has 0 saturated heterocycles. The van der Waals surface area contributed by atoms with E-state index in [0.29, 0.717) is 5.56 Å². The molecule has 0 aliphatic carbocycles. The fourth-order valence-electron chi connectivity index (χ4n) is 1.20. The van der Waals surface area contributed by atoms with Crippen molar-refractivity contribution in [2.24, 2.45) is 0 Å². The van der Waals surface area contributed by atoms with Gasteiger partial charge in [0.1, 0.15) is 0 Å². The molecule has 1 aromatic rings. The molecule has 5 heteroatoms. The second-order valence-corrected chi connectivity index (χ2v) is 3.87. The Kier molecular flexibility index (Phi) is 4.37. The number of aryl methyl sites for hydroxylation is 1. The minimum Gasteiger partial charge on any atom is -0.358 e. The number of nitrogens with one attached hydrogen (secondary N) is 2. The van der Waals surface area contributed by atoms with Crippen molar-refractivity contribution < 1.29 is 9.59 Å². The summed E-state index contributed by atoms with van der Waals surface area (Å²) in [5.41, 5.74) is 1.39. The number of benzene rings is 1. The summed E-state index contributed by atoms with van der Waals surface area (Å²) in [7, 11) is 1.52. The van der Waals surface area contributed by atoms with Gasteiger partial charge in [0.2, 0.25) is 5.91 Å². The lowest BCUT2D eigenvalue weighted by molar-refractivity contribution is -0.119. The minimum absolute atomic E-state index is 0.0222. The van der Waals surface area contributed by atoms with Crippen LogP contribution in [0.5, 0.6) is 0 Å². The first-order valence-corrected chi connectivity index (χ1v) is 5.27. The molecule has 0 aliphatic heterocycles. The van der Waals surface area contributed by atoms with Gasteiger partial charge in [-0.1, -0.05) is 6.07 Å². The van der Waals surface area contributed by atoms with Crippen LogP contribution in [0.25, 0.3) is 0 Å². The van der Waals surface area contributed by atoms with Crippen LogP contribution in [0.2, 0.25) is 0 Å². The summed E-state index contributed by atoms with van der Waals surface area (Å²) in [6.07, 6.45) is 0. The molecule has 0 atom stereocenters. The van der Waals surface area contributed by atoms with E-state index in [9.17, 15) is 9.59 Å². The van der Waals surface area contributed by atoms with Gasteiger partial charge in [-0.2, -0.15) is 0 Å². The van der Waals surface area contributed by atoms with E-state index in [4.69, 9.17) is 0 Å². The van der Waals surface area contributed by atoms with Crippen molar-refractivity contribution >= 4 is 24.4 Å². The Morgan fingerprint density at radius 1 is 1.38 bits per heavy atom. The van der Waals surface area contributed by atoms with Gasteiger partial charge in [0, 0.05) is 17.5 Å². The second kappa shape index (κ2) is 5.55. The highest BCUT2D eigenvalue weighted by Gasteiger charge is 2.09. The fourth-order valence-corrected chi connectivity index (χ4v) is 1.40. The first-order valence-electron chi connectivity index (χ1n) is 4.83. The van der Waals surface area contributed by atoms with Crippen molar-refractivity contribution in [3.05, 3.63) is 29.3 Å². The second-order valence-electron chi connectivity index (χ2n) is 3.36. The lowest BCUT2D eigenvalue weighted by atomic mass is 10.1. The third-order valence-corrected chi connectivity index (χ3v) is 2.43. The standard InChI is InChI=1S/C11H14N2O2S/c1-7-3-4-8(16)5-9(7)11(15)13-6-10(14)12-2/h3-5,16H,6H2,1-2H3,(H,12,14)(H,13,15).